The van der Waals surface area contributed by atoms with Crippen molar-refractivity contribution in [2.75, 3.05) is 0 Å². The summed E-state index contributed by atoms with van der Waals surface area (Å²) in [5.41, 5.74) is 0. The van der Waals surface area contributed by atoms with Gasteiger partial charge in [-0.3, -0.25) is 0 Å². The quantitative estimate of drug-likeness (QED) is 0.192. The molecule has 6 unspecified atom stereocenters. The summed E-state index contributed by atoms with van der Waals surface area (Å²) < 4.78 is 0. The van der Waals surface area contributed by atoms with Crippen LogP contribution in [0.1, 0.15) is 41.5 Å². The van der Waals surface area contributed by atoms with E-state index in [-0.39, 0.29) is 58.8 Å². The fourth-order valence-corrected chi connectivity index (χ4v) is 0. The summed E-state index contributed by atoms with van der Waals surface area (Å²) >= 11 is 28.8. The van der Waals surface area contributed by atoms with Gasteiger partial charge in [0.25, 0.3) is 0 Å². The van der Waals surface area contributed by atoms with Crippen LogP contribution in [-0.2, 0) is 49.8 Å². The Morgan fingerprint density at radius 1 is 0.351 bits per heavy atom. The normalized spacial score (nSPS) is 18.6. The molecular weight excluding hydrogens is 805 g/mol. The van der Waals surface area contributed by atoms with Gasteiger partial charge in [0.15, 0.2) is 0 Å². The van der Waals surface area contributed by atoms with Gasteiger partial charge < -0.3 is 59.4 Å². The molecule has 0 fully saturated rings. The minimum Gasteiger partial charge on any atom is -0.832 e. The minimum absolute atomic E-state index is 0. The molecule has 6 atom stereocenters. The van der Waals surface area contributed by atoms with Crippen molar-refractivity contribution in [3.8, 4) is 0 Å². The van der Waals surface area contributed by atoms with Crippen molar-refractivity contribution in [1.82, 2.24) is 0 Å². The van der Waals surface area contributed by atoms with Gasteiger partial charge in [0.1, 0.15) is 37.7 Å². The summed E-state index contributed by atoms with van der Waals surface area (Å²) in [7, 11) is 0. The van der Waals surface area contributed by atoms with Crippen LogP contribution in [0.25, 0.3) is 0 Å². The predicted molar refractivity (Wildman–Crippen MR) is 122 cm³/mol. The molecule has 37 heavy (non-hydrogen) atoms. The number of halogens is 6. The summed E-state index contributed by atoms with van der Waals surface area (Å²) in [6.07, 6.45) is 0.884. The van der Waals surface area contributed by atoms with Crippen LogP contribution in [0.3, 0.4) is 0 Å². The Kier molecular flexibility index (Phi) is 36.4. The van der Waals surface area contributed by atoms with Crippen molar-refractivity contribution < 1.29 is 80.5 Å². The Morgan fingerprint density at radius 3 is 0.378 bits per heavy atom. The third-order valence-electron chi connectivity index (χ3n) is 1.26. The number of carbonyl (C=O) groups excluding carboxylic acids is 6. The molecule has 0 radical (unpaired) electrons. The molecule has 216 valence electrons. The first-order valence-electron chi connectivity index (χ1n) is 8.50. The molecule has 0 aromatic heterocycles. The Labute approximate surface area is 258 Å². The monoisotopic (exact) mass is 826 g/mol. The van der Waals surface area contributed by atoms with Crippen molar-refractivity contribution in [3.63, 3.8) is 0 Å². The van der Waals surface area contributed by atoms with Gasteiger partial charge in [-0.25, -0.2) is 0 Å². The van der Waals surface area contributed by atoms with Crippen LogP contribution < -0.4 is 30.6 Å². The second kappa shape index (κ2) is 25.2. The topological polar surface area (TPSA) is 241 Å². The molecule has 0 aliphatic heterocycles. The molecule has 0 saturated carbocycles. The summed E-state index contributed by atoms with van der Waals surface area (Å²) in [4.78, 5) is 56.3. The Bertz CT molecular complexity index is 472. The molecule has 0 amide bonds. The van der Waals surface area contributed by atoms with E-state index in [0.717, 1.165) is 41.5 Å². The van der Waals surface area contributed by atoms with Gasteiger partial charge in [-0.05, 0) is 0 Å². The fraction of sp³-hybridized carbons (Fsp3) is 0.667. The molecule has 0 N–H and O–H groups in total. The molecule has 0 aromatic carbocycles. The predicted octanol–water partition coefficient (Wildman–Crippen LogP) is -3.00. The van der Waals surface area contributed by atoms with Crippen LogP contribution in [0.5, 0.6) is 0 Å². The minimum atomic E-state index is -1.92. The number of hydrogen-bond donors (Lipinski definition) is 0. The molecule has 12 nitrogen and oxygen atoms in total. The number of alkyl halides is 6. The smallest absolute Gasteiger partial charge is 0.832 e. The van der Waals surface area contributed by atoms with Gasteiger partial charge in [-0.2, -0.15) is 0 Å². The molecule has 0 rings (SSSR count). The first kappa shape index (κ1) is 53.5. The number of rotatable bonds is 6. The Hall–Kier alpha value is 0.208. The van der Waals surface area contributed by atoms with Gasteiger partial charge in [0.05, 0.1) is 0 Å². The van der Waals surface area contributed by atoms with E-state index >= 15 is 0 Å². The summed E-state index contributed by atoms with van der Waals surface area (Å²) in [6, 6.07) is 0. The van der Waals surface area contributed by atoms with E-state index in [1.807, 2.05) is 0 Å². The SMILES string of the molecule is CC([O-])(Cl)C=O.CC([O-])(Cl)C=O.CC([O-])(Cl)C=O.CC([O-])(Cl)C=O.CC([O-])(Cl)C=O.CC([O-])(Cl)C=O.[W+6]. The molecule has 0 spiro atoms. The van der Waals surface area contributed by atoms with Gasteiger partial charge in [0, 0.05) is 30.4 Å². The summed E-state index contributed by atoms with van der Waals surface area (Å²) in [5.74, 6) is 0. The largest absolute Gasteiger partial charge is 6.00 e. The van der Waals surface area contributed by atoms with E-state index in [0.29, 0.717) is 0 Å². The molecule has 0 aliphatic carbocycles. The van der Waals surface area contributed by atoms with Crippen molar-refractivity contribution in [1.29, 1.82) is 0 Å². The van der Waals surface area contributed by atoms with Crippen molar-refractivity contribution >= 4 is 107 Å². The van der Waals surface area contributed by atoms with Crippen LogP contribution in [0, 0.1) is 0 Å². The Balaban J connectivity index is -0.0000000581. The fourth-order valence-electron chi connectivity index (χ4n) is 0. The maximum absolute atomic E-state index is 9.87. The number of hydrogen-bond acceptors (Lipinski definition) is 12. The first-order chi connectivity index (χ1) is 15.4. The summed E-state index contributed by atoms with van der Waals surface area (Å²) in [6.45, 7) is 6.51. The van der Waals surface area contributed by atoms with Crippen molar-refractivity contribution in [2.24, 2.45) is 0 Å². The van der Waals surface area contributed by atoms with E-state index in [1.165, 1.54) is 0 Å². The van der Waals surface area contributed by atoms with Crippen molar-refractivity contribution in [3.05, 3.63) is 0 Å². The van der Waals surface area contributed by atoms with Crippen LogP contribution in [0.15, 0.2) is 0 Å². The number of aldehydes is 6. The molecule has 0 aromatic rings. The molecule has 0 heterocycles. The zero-order valence-corrected chi connectivity index (χ0v) is 27.5. The molecule has 19 heteroatoms. The van der Waals surface area contributed by atoms with Gasteiger partial charge in [0.2, 0.25) is 0 Å². The second-order valence-electron chi connectivity index (χ2n) is 6.62. The average molecular weight is 829 g/mol. The molecule has 0 bridgehead atoms. The van der Waals surface area contributed by atoms with Crippen LogP contribution in [0.2, 0.25) is 0 Å². The average Bonchev–Trinajstić information content (AvgIpc) is 2.67. The molecule has 0 aliphatic rings. The molecular formula is C18H24Cl6O12W. The third-order valence-corrected chi connectivity index (χ3v) is 1.80. The van der Waals surface area contributed by atoms with Crippen LogP contribution in [0.4, 0.5) is 0 Å². The van der Waals surface area contributed by atoms with Gasteiger partial charge >= 0.3 is 21.1 Å². The van der Waals surface area contributed by atoms with E-state index < -0.39 is 30.4 Å². The van der Waals surface area contributed by atoms with E-state index in [2.05, 4.69) is 0 Å². The van der Waals surface area contributed by atoms with Crippen LogP contribution in [-0.4, -0.2) is 68.1 Å². The van der Waals surface area contributed by atoms with E-state index in [9.17, 15) is 59.4 Å². The number of carbonyl (C=O) groups is 6. The second-order valence-corrected chi connectivity index (χ2v) is 11.1. The van der Waals surface area contributed by atoms with E-state index in [4.69, 9.17) is 69.6 Å². The van der Waals surface area contributed by atoms with E-state index in [1.54, 1.807) is 0 Å². The zero-order chi connectivity index (χ0) is 31.2. The summed E-state index contributed by atoms with van der Waals surface area (Å²) in [5, 5.41) is 47.7. The molecule has 0 saturated heterocycles. The van der Waals surface area contributed by atoms with Gasteiger partial charge in [-0.15, -0.1) is 69.6 Å². The standard InChI is InChI=1S/6C3H4ClO2.W/c6*1-3(4,6)2-5;/h6*2H,1H3;/q6*-1;+6. The zero-order valence-electron chi connectivity index (χ0n) is 20.0. The van der Waals surface area contributed by atoms with Crippen LogP contribution >= 0.6 is 69.6 Å². The first-order valence-corrected chi connectivity index (χ1v) is 10.8. The van der Waals surface area contributed by atoms with Crippen molar-refractivity contribution in [2.45, 2.75) is 71.9 Å². The maximum atomic E-state index is 9.87. The maximum Gasteiger partial charge on any atom is 6.00 e. The van der Waals surface area contributed by atoms with Gasteiger partial charge in [-0.1, -0.05) is 41.5 Å². The third kappa shape index (κ3) is 128. The Morgan fingerprint density at radius 2 is 0.378 bits per heavy atom.